The molecule has 0 rings (SSSR count). The minimum atomic E-state index is -1.00. The first-order chi connectivity index (χ1) is 19.7. The second-order valence-corrected chi connectivity index (χ2v) is 12.9. The summed E-state index contributed by atoms with van der Waals surface area (Å²) >= 11 is 0. The quantitative estimate of drug-likeness (QED) is 0.0555. The SMILES string of the molecule is CCC=CCC=CCC=CCC=CCC=CCC=CCCC(=O)NCCSSC(C)(C)[C@H](N)C(=O)NC[C@@H](O)CO. The third-order valence-corrected chi connectivity index (χ3v) is 8.98. The molecule has 7 nitrogen and oxygen atoms in total. The van der Waals surface area contributed by atoms with Gasteiger partial charge in [-0.1, -0.05) is 101 Å². The normalized spacial score (nSPS) is 14.4. The van der Waals surface area contributed by atoms with Gasteiger partial charge in [0.25, 0.3) is 0 Å². The average molecular weight is 608 g/mol. The lowest BCUT2D eigenvalue weighted by atomic mass is 10.0. The molecule has 0 spiro atoms. The second kappa shape index (κ2) is 26.8. The molecule has 2 amide bonds. The predicted octanol–water partition coefficient (Wildman–Crippen LogP) is 5.54. The molecule has 0 heterocycles. The minimum Gasteiger partial charge on any atom is -0.394 e. The van der Waals surface area contributed by atoms with Gasteiger partial charge in [0, 0.05) is 30.0 Å². The third kappa shape index (κ3) is 24.3. The minimum absolute atomic E-state index is 0.0212. The van der Waals surface area contributed by atoms with Crippen LogP contribution in [-0.4, -0.2) is 64.4 Å². The number of aliphatic hydroxyl groups excluding tert-OH is 2. The Hall–Kier alpha value is -2.04. The monoisotopic (exact) mass is 607 g/mol. The second-order valence-electron chi connectivity index (χ2n) is 9.87. The zero-order chi connectivity index (χ0) is 30.6. The van der Waals surface area contributed by atoms with Crippen LogP contribution in [0.2, 0.25) is 0 Å². The van der Waals surface area contributed by atoms with Crippen molar-refractivity contribution >= 4 is 33.4 Å². The molecule has 0 aliphatic carbocycles. The summed E-state index contributed by atoms with van der Waals surface area (Å²) in [5.74, 6) is 0.336. The fraction of sp³-hybridized carbons (Fsp3) is 0.562. The Bertz CT molecular complexity index is 867. The topological polar surface area (TPSA) is 125 Å². The Morgan fingerprint density at radius 2 is 1.32 bits per heavy atom. The van der Waals surface area contributed by atoms with Crippen LogP contribution in [-0.2, 0) is 9.59 Å². The van der Waals surface area contributed by atoms with Crippen molar-refractivity contribution in [3.63, 3.8) is 0 Å². The molecule has 0 aliphatic heterocycles. The standard InChI is InChI=1S/C32H53N3O4S2/c1-4-5-6-7-8-9-10-11-12-13-14-15-16-17-18-19-20-21-22-23-29(38)34-24-25-40-41-32(2,3)30(33)31(39)35-26-28(37)27-36/h5-6,8-9,11-12,14-15,17-18,20-21,28,30,36-37H,4,7,10,13,16,19,22-27,33H2,1-3H3,(H,34,38)(H,35,39)/t28-,30-/m1/s1. The summed E-state index contributed by atoms with van der Waals surface area (Å²) in [7, 11) is 3.03. The van der Waals surface area contributed by atoms with Crippen LogP contribution in [0.4, 0.5) is 0 Å². The summed E-state index contributed by atoms with van der Waals surface area (Å²) in [6, 6.07) is -0.776. The number of amides is 2. The van der Waals surface area contributed by atoms with Gasteiger partial charge in [0.2, 0.25) is 11.8 Å². The van der Waals surface area contributed by atoms with Crippen LogP contribution in [0.1, 0.15) is 72.1 Å². The third-order valence-electron chi connectivity index (χ3n) is 5.67. The Morgan fingerprint density at radius 3 is 1.80 bits per heavy atom. The fourth-order valence-corrected chi connectivity index (χ4v) is 5.63. The summed E-state index contributed by atoms with van der Waals surface area (Å²) in [6.07, 6.45) is 32.0. The van der Waals surface area contributed by atoms with Crippen LogP contribution in [0, 0.1) is 0 Å². The lowest BCUT2D eigenvalue weighted by Crippen LogP contribution is -2.53. The maximum absolute atomic E-state index is 12.2. The van der Waals surface area contributed by atoms with Crippen LogP contribution in [0.15, 0.2) is 72.9 Å². The highest BCUT2D eigenvalue weighted by Gasteiger charge is 2.33. The van der Waals surface area contributed by atoms with E-state index >= 15 is 0 Å². The summed E-state index contributed by atoms with van der Waals surface area (Å²) < 4.78 is -0.543. The van der Waals surface area contributed by atoms with E-state index in [4.69, 9.17) is 10.8 Å². The highest BCUT2D eigenvalue weighted by molar-refractivity contribution is 8.77. The average Bonchev–Trinajstić information content (AvgIpc) is 2.96. The Morgan fingerprint density at radius 1 is 0.829 bits per heavy atom. The van der Waals surface area contributed by atoms with Crippen molar-refractivity contribution in [2.45, 2.75) is 89.0 Å². The molecule has 0 radical (unpaired) electrons. The van der Waals surface area contributed by atoms with Gasteiger partial charge in [0.05, 0.1) is 18.8 Å². The number of nitrogens with two attached hydrogens (primary N) is 1. The predicted molar refractivity (Wildman–Crippen MR) is 179 cm³/mol. The van der Waals surface area contributed by atoms with Gasteiger partial charge in [-0.25, -0.2) is 0 Å². The highest BCUT2D eigenvalue weighted by Crippen LogP contribution is 2.37. The summed E-state index contributed by atoms with van der Waals surface area (Å²) in [5, 5.41) is 23.7. The van der Waals surface area contributed by atoms with Crippen LogP contribution in [0.25, 0.3) is 0 Å². The van der Waals surface area contributed by atoms with Crippen LogP contribution >= 0.6 is 21.6 Å². The maximum Gasteiger partial charge on any atom is 0.238 e. The lowest BCUT2D eigenvalue weighted by Gasteiger charge is -2.29. The van der Waals surface area contributed by atoms with Crippen molar-refractivity contribution in [3.8, 4) is 0 Å². The van der Waals surface area contributed by atoms with Crippen molar-refractivity contribution in [2.75, 3.05) is 25.4 Å². The molecular weight excluding hydrogens is 555 g/mol. The van der Waals surface area contributed by atoms with Crippen molar-refractivity contribution in [1.29, 1.82) is 0 Å². The number of aliphatic hydroxyl groups is 2. The number of carbonyl (C=O) groups is 2. The molecule has 0 aromatic heterocycles. The summed E-state index contributed by atoms with van der Waals surface area (Å²) in [4.78, 5) is 24.2. The molecule has 2 atom stereocenters. The van der Waals surface area contributed by atoms with Gasteiger partial charge in [0.15, 0.2) is 0 Å². The number of hydrogen-bond donors (Lipinski definition) is 5. The van der Waals surface area contributed by atoms with E-state index in [-0.39, 0.29) is 18.4 Å². The number of hydrogen-bond acceptors (Lipinski definition) is 7. The molecule has 9 heteroatoms. The molecule has 0 unspecified atom stereocenters. The number of carbonyl (C=O) groups excluding carboxylic acids is 2. The van der Waals surface area contributed by atoms with E-state index in [1.807, 2.05) is 19.9 Å². The maximum atomic E-state index is 12.2. The van der Waals surface area contributed by atoms with E-state index in [0.717, 1.165) is 38.5 Å². The first-order valence-corrected chi connectivity index (χ1v) is 16.9. The molecule has 0 aromatic carbocycles. The van der Waals surface area contributed by atoms with Crippen molar-refractivity contribution in [1.82, 2.24) is 10.6 Å². The van der Waals surface area contributed by atoms with Gasteiger partial charge in [0.1, 0.15) is 0 Å². The van der Waals surface area contributed by atoms with Crippen molar-refractivity contribution < 1.29 is 19.8 Å². The van der Waals surface area contributed by atoms with Crippen LogP contribution in [0.5, 0.6) is 0 Å². The highest BCUT2D eigenvalue weighted by atomic mass is 33.1. The van der Waals surface area contributed by atoms with E-state index in [2.05, 4.69) is 84.4 Å². The van der Waals surface area contributed by atoms with Gasteiger partial charge in [-0.05, 0) is 58.8 Å². The molecule has 41 heavy (non-hydrogen) atoms. The zero-order valence-corrected chi connectivity index (χ0v) is 26.8. The first kappa shape index (κ1) is 39.0. The lowest BCUT2D eigenvalue weighted by molar-refractivity contribution is -0.123. The van der Waals surface area contributed by atoms with Gasteiger partial charge in [-0.15, -0.1) is 0 Å². The molecule has 0 aliphatic rings. The van der Waals surface area contributed by atoms with E-state index in [1.165, 1.54) is 10.8 Å². The molecular formula is C32H53N3O4S2. The Kier molecular flexibility index (Phi) is 25.5. The number of allylic oxidation sites excluding steroid dienone is 12. The van der Waals surface area contributed by atoms with Crippen LogP contribution in [0.3, 0.4) is 0 Å². The number of rotatable bonds is 24. The molecule has 6 N–H and O–H groups in total. The molecule has 0 aromatic rings. The zero-order valence-electron chi connectivity index (χ0n) is 25.2. The molecule has 0 fully saturated rings. The molecule has 0 bridgehead atoms. The molecule has 232 valence electrons. The Labute approximate surface area is 256 Å². The van der Waals surface area contributed by atoms with Crippen molar-refractivity contribution in [2.24, 2.45) is 5.73 Å². The van der Waals surface area contributed by atoms with E-state index < -0.39 is 23.5 Å². The first-order valence-electron chi connectivity index (χ1n) is 14.5. The summed E-state index contributed by atoms with van der Waals surface area (Å²) in [6.45, 7) is 5.98. The largest absolute Gasteiger partial charge is 0.394 e. The van der Waals surface area contributed by atoms with E-state index in [9.17, 15) is 14.7 Å². The van der Waals surface area contributed by atoms with E-state index in [1.54, 1.807) is 10.8 Å². The van der Waals surface area contributed by atoms with Gasteiger partial charge >= 0.3 is 0 Å². The van der Waals surface area contributed by atoms with Gasteiger partial charge in [-0.3, -0.25) is 9.59 Å². The Balaban J connectivity index is 3.83. The summed E-state index contributed by atoms with van der Waals surface area (Å²) in [5.41, 5.74) is 6.07. The van der Waals surface area contributed by atoms with E-state index in [0.29, 0.717) is 25.1 Å². The smallest absolute Gasteiger partial charge is 0.238 e. The van der Waals surface area contributed by atoms with Crippen LogP contribution < -0.4 is 16.4 Å². The van der Waals surface area contributed by atoms with Gasteiger partial charge in [-0.2, -0.15) is 0 Å². The molecule has 0 saturated heterocycles. The number of nitrogens with one attached hydrogen (secondary N) is 2. The fourth-order valence-electron chi connectivity index (χ4n) is 3.13. The van der Waals surface area contributed by atoms with Crippen molar-refractivity contribution in [3.05, 3.63) is 72.9 Å². The van der Waals surface area contributed by atoms with Gasteiger partial charge < -0.3 is 26.6 Å². The molecule has 0 saturated carbocycles.